The first-order valence-corrected chi connectivity index (χ1v) is 10.2. The molecule has 140 valence electrons. The van der Waals surface area contributed by atoms with Crippen molar-refractivity contribution in [3.8, 4) is 5.75 Å². The Morgan fingerprint density at radius 2 is 1.65 bits per heavy atom. The normalized spacial score (nSPS) is 15.8. The standard InChI is InChI=1S/C19H23FN2O3S/c1-2-15-25-16-7-9-17(10-8-16)26(23,24)22-13-11-21(12-14-22)19-6-4-3-5-18(19)20/h3-10H,2,11-15H2,1H3. The molecular weight excluding hydrogens is 355 g/mol. The number of ether oxygens (including phenoxy) is 1. The first-order chi connectivity index (χ1) is 12.5. The van der Waals surface area contributed by atoms with E-state index < -0.39 is 10.0 Å². The monoisotopic (exact) mass is 378 g/mol. The molecule has 2 aromatic carbocycles. The number of piperazine rings is 1. The fourth-order valence-electron chi connectivity index (χ4n) is 2.95. The summed E-state index contributed by atoms with van der Waals surface area (Å²) in [6.45, 7) is 4.18. The Bertz CT molecular complexity index is 832. The Hall–Kier alpha value is -2.12. The van der Waals surface area contributed by atoms with Crippen molar-refractivity contribution in [2.24, 2.45) is 0 Å². The molecule has 0 spiro atoms. The quantitative estimate of drug-likeness (QED) is 0.775. The summed E-state index contributed by atoms with van der Waals surface area (Å²) < 4.78 is 46.5. The number of sulfonamides is 1. The molecule has 1 aliphatic heterocycles. The van der Waals surface area contributed by atoms with E-state index in [1.165, 1.54) is 10.4 Å². The lowest BCUT2D eigenvalue weighted by atomic mass is 10.2. The van der Waals surface area contributed by atoms with Gasteiger partial charge in [0.15, 0.2) is 0 Å². The molecule has 0 N–H and O–H groups in total. The second-order valence-electron chi connectivity index (χ2n) is 6.16. The van der Waals surface area contributed by atoms with Crippen LogP contribution in [0.2, 0.25) is 0 Å². The fourth-order valence-corrected chi connectivity index (χ4v) is 4.38. The third kappa shape index (κ3) is 3.99. The molecule has 0 radical (unpaired) electrons. The summed E-state index contributed by atoms with van der Waals surface area (Å²) in [6.07, 6.45) is 0.895. The van der Waals surface area contributed by atoms with Crippen LogP contribution in [0.3, 0.4) is 0 Å². The van der Waals surface area contributed by atoms with E-state index in [2.05, 4.69) is 0 Å². The van der Waals surface area contributed by atoms with Crippen molar-refractivity contribution >= 4 is 15.7 Å². The van der Waals surface area contributed by atoms with Crippen molar-refractivity contribution in [1.29, 1.82) is 0 Å². The molecule has 0 amide bonds. The lowest BCUT2D eigenvalue weighted by Crippen LogP contribution is -2.48. The first-order valence-electron chi connectivity index (χ1n) is 8.75. The van der Waals surface area contributed by atoms with E-state index in [1.807, 2.05) is 11.8 Å². The van der Waals surface area contributed by atoms with Crippen LogP contribution in [0.1, 0.15) is 13.3 Å². The Balaban J connectivity index is 1.67. The SMILES string of the molecule is CCCOc1ccc(S(=O)(=O)N2CCN(c3ccccc3F)CC2)cc1. The number of anilines is 1. The van der Waals surface area contributed by atoms with E-state index in [4.69, 9.17) is 4.74 Å². The van der Waals surface area contributed by atoms with Crippen molar-refractivity contribution < 1.29 is 17.5 Å². The van der Waals surface area contributed by atoms with Crippen LogP contribution in [-0.2, 0) is 10.0 Å². The highest BCUT2D eigenvalue weighted by atomic mass is 32.2. The Morgan fingerprint density at radius 3 is 2.27 bits per heavy atom. The second-order valence-corrected chi connectivity index (χ2v) is 8.10. The maximum Gasteiger partial charge on any atom is 0.243 e. The molecule has 0 atom stereocenters. The first kappa shape index (κ1) is 18.7. The van der Waals surface area contributed by atoms with E-state index in [0.29, 0.717) is 44.2 Å². The summed E-state index contributed by atoms with van der Waals surface area (Å²) in [6, 6.07) is 13.1. The van der Waals surface area contributed by atoms with Crippen molar-refractivity contribution in [3.05, 3.63) is 54.3 Å². The Kier molecular flexibility index (Phi) is 5.78. The van der Waals surface area contributed by atoms with Crippen molar-refractivity contribution in [1.82, 2.24) is 4.31 Å². The molecule has 1 fully saturated rings. The maximum atomic E-state index is 13.9. The highest BCUT2D eigenvalue weighted by molar-refractivity contribution is 7.89. The Labute approximate surface area is 154 Å². The molecule has 2 aromatic rings. The van der Waals surface area contributed by atoms with Gasteiger partial charge in [-0.05, 0) is 42.8 Å². The van der Waals surface area contributed by atoms with Crippen molar-refractivity contribution in [3.63, 3.8) is 0 Å². The van der Waals surface area contributed by atoms with Crippen LogP contribution < -0.4 is 9.64 Å². The minimum Gasteiger partial charge on any atom is -0.494 e. The molecule has 0 aromatic heterocycles. The largest absolute Gasteiger partial charge is 0.494 e. The smallest absolute Gasteiger partial charge is 0.243 e. The molecule has 1 aliphatic rings. The summed E-state index contributed by atoms with van der Waals surface area (Å²) in [5, 5.41) is 0. The third-order valence-electron chi connectivity index (χ3n) is 4.37. The van der Waals surface area contributed by atoms with Gasteiger partial charge in [-0.1, -0.05) is 19.1 Å². The van der Waals surface area contributed by atoms with Crippen LogP contribution in [0.15, 0.2) is 53.4 Å². The van der Waals surface area contributed by atoms with Crippen LogP contribution in [0.25, 0.3) is 0 Å². The fraction of sp³-hybridized carbons (Fsp3) is 0.368. The number of halogens is 1. The number of nitrogens with zero attached hydrogens (tertiary/aromatic N) is 2. The zero-order chi connectivity index (χ0) is 18.6. The molecule has 7 heteroatoms. The summed E-state index contributed by atoms with van der Waals surface area (Å²) in [5.41, 5.74) is 0.516. The van der Waals surface area contributed by atoms with Crippen LogP contribution in [0.4, 0.5) is 10.1 Å². The molecule has 3 rings (SSSR count). The number of para-hydroxylation sites is 1. The zero-order valence-corrected chi connectivity index (χ0v) is 15.6. The lowest BCUT2D eigenvalue weighted by Gasteiger charge is -2.35. The second kappa shape index (κ2) is 8.05. The third-order valence-corrected chi connectivity index (χ3v) is 6.28. The van der Waals surface area contributed by atoms with E-state index >= 15 is 0 Å². The summed E-state index contributed by atoms with van der Waals surface area (Å²) >= 11 is 0. The summed E-state index contributed by atoms with van der Waals surface area (Å²) in [4.78, 5) is 2.13. The van der Waals surface area contributed by atoms with E-state index in [-0.39, 0.29) is 10.7 Å². The number of hydrogen-bond donors (Lipinski definition) is 0. The van der Waals surface area contributed by atoms with Gasteiger partial charge < -0.3 is 9.64 Å². The van der Waals surface area contributed by atoms with Crippen LogP contribution in [0, 0.1) is 5.82 Å². The van der Waals surface area contributed by atoms with E-state index in [0.717, 1.165) is 6.42 Å². The van der Waals surface area contributed by atoms with Gasteiger partial charge in [0.25, 0.3) is 0 Å². The van der Waals surface area contributed by atoms with Gasteiger partial charge in [0, 0.05) is 26.2 Å². The minimum absolute atomic E-state index is 0.251. The van der Waals surface area contributed by atoms with Crippen LogP contribution in [-0.4, -0.2) is 45.5 Å². The van der Waals surface area contributed by atoms with E-state index in [1.54, 1.807) is 42.5 Å². The van der Waals surface area contributed by atoms with Crippen molar-refractivity contribution in [2.45, 2.75) is 18.2 Å². The molecule has 0 unspecified atom stereocenters. The number of benzene rings is 2. The molecule has 26 heavy (non-hydrogen) atoms. The predicted molar refractivity (Wildman–Crippen MR) is 99.6 cm³/mol. The highest BCUT2D eigenvalue weighted by Gasteiger charge is 2.29. The van der Waals surface area contributed by atoms with Gasteiger partial charge in [0.05, 0.1) is 17.2 Å². The molecule has 0 saturated carbocycles. The van der Waals surface area contributed by atoms with E-state index in [9.17, 15) is 12.8 Å². The highest BCUT2D eigenvalue weighted by Crippen LogP contribution is 2.24. The molecule has 0 bridgehead atoms. The number of rotatable bonds is 6. The molecule has 5 nitrogen and oxygen atoms in total. The summed E-state index contributed by atoms with van der Waals surface area (Å²) in [7, 11) is -3.56. The van der Waals surface area contributed by atoms with Crippen molar-refractivity contribution in [2.75, 3.05) is 37.7 Å². The molecule has 0 aliphatic carbocycles. The van der Waals surface area contributed by atoms with Gasteiger partial charge in [-0.3, -0.25) is 0 Å². The van der Waals surface area contributed by atoms with Gasteiger partial charge in [-0.2, -0.15) is 4.31 Å². The number of hydrogen-bond acceptors (Lipinski definition) is 4. The zero-order valence-electron chi connectivity index (χ0n) is 14.8. The predicted octanol–water partition coefficient (Wildman–Crippen LogP) is 3.13. The van der Waals surface area contributed by atoms with Crippen LogP contribution in [0.5, 0.6) is 5.75 Å². The average molecular weight is 378 g/mol. The van der Waals surface area contributed by atoms with Crippen LogP contribution >= 0.6 is 0 Å². The summed E-state index contributed by atoms with van der Waals surface area (Å²) in [5.74, 6) is 0.377. The topological polar surface area (TPSA) is 49.9 Å². The lowest BCUT2D eigenvalue weighted by molar-refractivity contribution is 0.317. The molecular formula is C19H23FN2O3S. The molecule has 1 heterocycles. The van der Waals surface area contributed by atoms with Gasteiger partial charge >= 0.3 is 0 Å². The Morgan fingerprint density at radius 1 is 1.00 bits per heavy atom. The average Bonchev–Trinajstić information content (AvgIpc) is 2.67. The molecule has 1 saturated heterocycles. The van der Waals surface area contributed by atoms with Gasteiger partial charge in [0.2, 0.25) is 10.0 Å². The van der Waals surface area contributed by atoms with Gasteiger partial charge in [-0.15, -0.1) is 0 Å². The van der Waals surface area contributed by atoms with Gasteiger partial charge in [-0.25, -0.2) is 12.8 Å². The minimum atomic E-state index is -3.56. The van der Waals surface area contributed by atoms with Gasteiger partial charge in [0.1, 0.15) is 11.6 Å². The maximum absolute atomic E-state index is 13.9.